The Hall–Kier alpha value is -12.2. The van der Waals surface area contributed by atoms with E-state index in [2.05, 4.69) is 337 Å². The largest absolute Gasteiger partial charge is 0.491 e. The number of ether oxygens (including phenoxy) is 6. The molecule has 0 bridgehead atoms. The van der Waals surface area contributed by atoms with Crippen LogP contribution in [0.4, 0.5) is 34.1 Å². The molecule has 0 spiro atoms. The second-order valence-electron chi connectivity index (χ2n) is 27.7. The summed E-state index contributed by atoms with van der Waals surface area (Å²) in [4.78, 5) is 4.77. The van der Waals surface area contributed by atoms with Gasteiger partial charge in [-0.2, -0.15) is 0 Å². The lowest BCUT2D eigenvalue weighted by atomic mass is 9.67. The molecule has 8 nitrogen and oxygen atoms in total. The molecule has 14 aromatic carbocycles. The summed E-state index contributed by atoms with van der Waals surface area (Å²) in [5.74, 6) is 4.92. The van der Waals surface area contributed by atoms with Gasteiger partial charge < -0.3 is 38.2 Å². The standard InChI is InChI=1S/C98H80N2O6/c1-3-101-59-61-103-83-49-33-73(34-50-83)97(75-37-53-85(54-38-75)105-87-47-31-69-23-25-71(69)63-87)93-21-13-11-19-89(93)91-57-45-81(65-95(91)97)99(77-15-7-5-8-16-77)79-41-27-67(28-42-79)68-29-43-80(44-30-68)100(78-17-9-6-10-18-78)82-46-58-92-90-20-12-14-22-94(90)98(96(92)66-82,74-35-51-84(52-36-74)104-62-60-102-4-2)76-39-55-86(56-40-76)106-88-48-32-70-24-26-72(70)64-88/h5-22,27-58,63-66H,3-4,23-26,59-62H2,1-2H3. The van der Waals surface area contributed by atoms with Crippen LogP contribution in [0, 0.1) is 0 Å². The van der Waals surface area contributed by atoms with Gasteiger partial charge in [0.05, 0.1) is 24.0 Å². The highest BCUT2D eigenvalue weighted by Crippen LogP contribution is 2.60. The van der Waals surface area contributed by atoms with Crippen molar-refractivity contribution in [2.75, 3.05) is 49.4 Å². The lowest BCUT2D eigenvalue weighted by molar-refractivity contribution is 0.110. The molecule has 4 aliphatic rings. The lowest BCUT2D eigenvalue weighted by Crippen LogP contribution is -2.28. The third-order valence-electron chi connectivity index (χ3n) is 21.9. The number of hydrogen-bond acceptors (Lipinski definition) is 8. The van der Waals surface area contributed by atoms with Crippen LogP contribution in [0.3, 0.4) is 0 Å². The van der Waals surface area contributed by atoms with Crippen LogP contribution in [-0.4, -0.2) is 39.6 Å². The Morgan fingerprint density at radius 3 is 0.934 bits per heavy atom. The van der Waals surface area contributed by atoms with E-state index >= 15 is 0 Å². The number of anilines is 6. The molecule has 0 N–H and O–H groups in total. The van der Waals surface area contributed by atoms with E-state index in [1.807, 2.05) is 13.8 Å². The molecule has 0 saturated heterocycles. The van der Waals surface area contributed by atoms with E-state index < -0.39 is 10.8 Å². The van der Waals surface area contributed by atoms with Crippen molar-refractivity contribution in [3.05, 3.63) is 394 Å². The molecule has 0 aliphatic heterocycles. The molecule has 0 heterocycles. The average Bonchev–Trinajstić information content (AvgIpc) is 1.53. The molecule has 106 heavy (non-hydrogen) atoms. The van der Waals surface area contributed by atoms with E-state index in [4.69, 9.17) is 28.4 Å². The SMILES string of the molecule is CCOCCOc1ccc(C2(c3ccc(Oc4ccc5c(c4)CC5)cc3)c3ccccc3-c3ccc(N(c4ccccc4)c4ccc(-c5ccc(N(c6ccccc6)c6ccc7c(c6)C(c6ccc(OCCOCC)cc6)(c6ccc(Oc8ccc9c(c8)CC9)cc6)c6ccccc6-7)cc5)cc4)cc32)cc1. The van der Waals surface area contributed by atoms with Crippen molar-refractivity contribution in [2.45, 2.75) is 50.4 Å². The number of hydrogen-bond donors (Lipinski definition) is 0. The molecular formula is C98H80N2O6. The van der Waals surface area contributed by atoms with Crippen molar-refractivity contribution in [3.8, 4) is 67.9 Å². The van der Waals surface area contributed by atoms with Gasteiger partial charge in [0, 0.05) is 47.3 Å². The van der Waals surface area contributed by atoms with Crippen molar-refractivity contribution >= 4 is 34.1 Å². The van der Waals surface area contributed by atoms with Crippen LogP contribution in [0.1, 0.15) is 80.6 Å². The normalized spacial score (nSPS) is 15.3. The summed E-state index contributed by atoms with van der Waals surface area (Å²) in [6.07, 6.45) is 4.45. The minimum atomic E-state index is -0.717. The lowest BCUT2D eigenvalue weighted by Gasteiger charge is -2.35. The van der Waals surface area contributed by atoms with E-state index in [1.165, 1.54) is 66.8 Å². The maximum atomic E-state index is 6.59. The van der Waals surface area contributed by atoms with Gasteiger partial charge in [0.15, 0.2) is 0 Å². The van der Waals surface area contributed by atoms with Crippen molar-refractivity contribution in [1.82, 2.24) is 0 Å². The van der Waals surface area contributed by atoms with E-state index in [0.717, 1.165) is 128 Å². The number of aryl methyl sites for hydroxylation is 4. The molecule has 0 radical (unpaired) electrons. The maximum absolute atomic E-state index is 6.59. The zero-order valence-electron chi connectivity index (χ0n) is 59.6. The highest BCUT2D eigenvalue weighted by atomic mass is 16.5. The second-order valence-corrected chi connectivity index (χ2v) is 27.7. The summed E-state index contributed by atoms with van der Waals surface area (Å²) in [7, 11) is 0. The Labute approximate surface area is 620 Å². The first-order valence-corrected chi connectivity index (χ1v) is 37.2. The Kier molecular flexibility index (Phi) is 17.7. The summed E-state index contributed by atoms with van der Waals surface area (Å²) in [6.45, 7) is 7.31. The van der Waals surface area contributed by atoms with Crippen LogP contribution in [0.2, 0.25) is 0 Å². The van der Waals surface area contributed by atoms with Gasteiger partial charge in [0.1, 0.15) is 47.7 Å². The molecule has 8 heteroatoms. The summed E-state index contributed by atoms with van der Waals surface area (Å²) in [6, 6.07) is 119. The molecule has 0 fully saturated rings. The topological polar surface area (TPSA) is 61.9 Å². The summed E-state index contributed by atoms with van der Waals surface area (Å²) < 4.78 is 37.0. The van der Waals surface area contributed by atoms with Gasteiger partial charge in [-0.1, -0.05) is 182 Å². The van der Waals surface area contributed by atoms with Crippen LogP contribution in [0.15, 0.2) is 328 Å². The molecule has 0 saturated carbocycles. The highest BCUT2D eigenvalue weighted by molar-refractivity contribution is 5.92. The molecule has 0 amide bonds. The molecule has 14 aromatic rings. The Morgan fingerprint density at radius 2 is 0.575 bits per heavy atom. The summed E-state index contributed by atoms with van der Waals surface area (Å²) in [5.41, 5.74) is 26.7. The van der Waals surface area contributed by atoms with Crippen LogP contribution in [-0.2, 0) is 46.0 Å². The van der Waals surface area contributed by atoms with Gasteiger partial charge in [-0.25, -0.2) is 0 Å². The molecule has 18 rings (SSSR count). The van der Waals surface area contributed by atoms with Crippen molar-refractivity contribution in [3.63, 3.8) is 0 Å². The van der Waals surface area contributed by atoms with E-state index in [1.54, 1.807) is 0 Å². The van der Waals surface area contributed by atoms with Crippen LogP contribution >= 0.6 is 0 Å². The Bertz CT molecular complexity index is 5150. The first-order chi connectivity index (χ1) is 52.4. The molecular weight excluding hydrogens is 1300 g/mol. The highest BCUT2D eigenvalue weighted by Gasteiger charge is 2.48. The number of rotatable bonds is 25. The predicted octanol–water partition coefficient (Wildman–Crippen LogP) is 23.6. The summed E-state index contributed by atoms with van der Waals surface area (Å²) in [5, 5.41) is 0. The molecule has 4 aliphatic carbocycles. The van der Waals surface area contributed by atoms with Gasteiger partial charge in [-0.3, -0.25) is 0 Å². The van der Waals surface area contributed by atoms with Crippen LogP contribution in [0.25, 0.3) is 33.4 Å². The fourth-order valence-electron chi connectivity index (χ4n) is 16.7. The first-order valence-electron chi connectivity index (χ1n) is 37.2. The predicted molar refractivity (Wildman–Crippen MR) is 428 cm³/mol. The fourth-order valence-corrected chi connectivity index (χ4v) is 16.7. The van der Waals surface area contributed by atoms with Gasteiger partial charge in [0.2, 0.25) is 0 Å². The van der Waals surface area contributed by atoms with Gasteiger partial charge in [0.25, 0.3) is 0 Å². The molecule has 2 unspecified atom stereocenters. The number of fused-ring (bicyclic) bond motifs is 8. The monoisotopic (exact) mass is 1380 g/mol. The van der Waals surface area contributed by atoms with Gasteiger partial charge in [-0.15, -0.1) is 0 Å². The quantitative estimate of drug-likeness (QED) is 0.0525. The zero-order valence-corrected chi connectivity index (χ0v) is 59.6. The van der Waals surface area contributed by atoms with Crippen LogP contribution in [0.5, 0.6) is 34.5 Å². The molecule has 518 valence electrons. The van der Waals surface area contributed by atoms with Gasteiger partial charge in [-0.05, 0) is 285 Å². The first kappa shape index (κ1) is 65.8. The maximum Gasteiger partial charge on any atom is 0.127 e. The number of benzene rings is 14. The average molecular weight is 1380 g/mol. The fraction of sp³-hybridized carbons (Fsp3) is 0.143. The third kappa shape index (κ3) is 11.9. The molecule has 0 aromatic heterocycles. The Balaban J connectivity index is 0.695. The Morgan fingerprint density at radius 1 is 0.255 bits per heavy atom. The third-order valence-corrected chi connectivity index (χ3v) is 21.9. The van der Waals surface area contributed by atoms with Crippen molar-refractivity contribution < 1.29 is 28.4 Å². The minimum absolute atomic E-state index is 0.472. The second kappa shape index (κ2) is 28.4. The zero-order chi connectivity index (χ0) is 71.0. The van der Waals surface area contributed by atoms with Crippen molar-refractivity contribution in [2.24, 2.45) is 0 Å². The molecule has 2 atom stereocenters. The van der Waals surface area contributed by atoms with Crippen LogP contribution < -0.4 is 28.7 Å². The number of nitrogens with zero attached hydrogens (tertiary/aromatic N) is 2. The minimum Gasteiger partial charge on any atom is -0.491 e. The van der Waals surface area contributed by atoms with E-state index in [0.29, 0.717) is 39.6 Å². The van der Waals surface area contributed by atoms with E-state index in [-0.39, 0.29) is 0 Å². The van der Waals surface area contributed by atoms with Crippen molar-refractivity contribution in [1.29, 1.82) is 0 Å². The summed E-state index contributed by atoms with van der Waals surface area (Å²) >= 11 is 0. The van der Waals surface area contributed by atoms with Gasteiger partial charge >= 0.3 is 0 Å². The number of para-hydroxylation sites is 2. The smallest absolute Gasteiger partial charge is 0.127 e. The van der Waals surface area contributed by atoms with E-state index in [9.17, 15) is 0 Å².